The van der Waals surface area contributed by atoms with E-state index in [1.54, 1.807) is 30.8 Å². The van der Waals surface area contributed by atoms with Gasteiger partial charge in [-0.1, -0.05) is 11.6 Å². The Kier molecular flexibility index (Phi) is 5.08. The second-order valence-electron chi connectivity index (χ2n) is 5.18. The van der Waals surface area contributed by atoms with Crippen molar-refractivity contribution in [3.05, 3.63) is 65.6 Å². The lowest BCUT2D eigenvalue weighted by Gasteiger charge is -2.11. The van der Waals surface area contributed by atoms with E-state index in [-0.39, 0.29) is 17.2 Å². The molecular weight excluding hydrogens is 364 g/mol. The Morgan fingerprint density at radius 3 is 2.80 bits per heavy atom. The molecule has 0 saturated heterocycles. The van der Waals surface area contributed by atoms with Crippen LogP contribution in [0.3, 0.4) is 0 Å². The van der Waals surface area contributed by atoms with E-state index in [1.807, 2.05) is 12.1 Å². The van der Waals surface area contributed by atoms with Gasteiger partial charge in [0.15, 0.2) is 0 Å². The van der Waals surface area contributed by atoms with Crippen molar-refractivity contribution >= 4 is 21.6 Å². The number of methoxy groups -OCH3 is 1. The lowest BCUT2D eigenvalue weighted by atomic mass is 10.2. The number of benzene rings is 1. The number of furan rings is 1. The molecule has 0 aliphatic carbocycles. The number of nitrogens with one attached hydrogen (secondary N) is 1. The van der Waals surface area contributed by atoms with Gasteiger partial charge < -0.3 is 9.15 Å². The van der Waals surface area contributed by atoms with Crippen molar-refractivity contribution in [3.63, 3.8) is 0 Å². The lowest BCUT2D eigenvalue weighted by molar-refractivity contribution is 0.402. The maximum absolute atomic E-state index is 12.6. The molecule has 3 rings (SSSR count). The highest BCUT2D eigenvalue weighted by molar-refractivity contribution is 7.89. The number of aromatic nitrogens is 1. The first kappa shape index (κ1) is 17.5. The van der Waals surface area contributed by atoms with Crippen LogP contribution in [0.15, 0.2) is 64.4 Å². The van der Waals surface area contributed by atoms with Crippen LogP contribution < -0.4 is 9.46 Å². The third-order valence-corrected chi connectivity index (χ3v) is 5.14. The Morgan fingerprint density at radius 2 is 2.08 bits per heavy atom. The monoisotopic (exact) mass is 378 g/mol. The third-order valence-electron chi connectivity index (χ3n) is 3.48. The molecule has 0 radical (unpaired) electrons. The van der Waals surface area contributed by atoms with Crippen molar-refractivity contribution in [1.29, 1.82) is 0 Å². The third kappa shape index (κ3) is 4.01. The number of rotatable bonds is 6. The van der Waals surface area contributed by atoms with Crippen molar-refractivity contribution in [2.45, 2.75) is 11.4 Å². The van der Waals surface area contributed by atoms with Gasteiger partial charge in [0.05, 0.1) is 13.4 Å². The molecular formula is C17H15ClN2O4S. The van der Waals surface area contributed by atoms with Crippen molar-refractivity contribution in [1.82, 2.24) is 9.71 Å². The van der Waals surface area contributed by atoms with Crippen molar-refractivity contribution in [2.75, 3.05) is 7.11 Å². The zero-order valence-corrected chi connectivity index (χ0v) is 14.8. The molecule has 1 aromatic carbocycles. The SMILES string of the molecule is COc1ccc(Cl)cc1S(=O)(=O)NCc1cncc(-c2ccco2)c1. The topological polar surface area (TPSA) is 81.4 Å². The number of halogens is 1. The highest BCUT2D eigenvalue weighted by atomic mass is 35.5. The minimum atomic E-state index is -3.80. The van der Waals surface area contributed by atoms with Crippen LogP contribution in [0, 0.1) is 0 Å². The zero-order valence-electron chi connectivity index (χ0n) is 13.3. The Bertz CT molecular complexity index is 972. The molecule has 2 aromatic heterocycles. The van der Waals surface area contributed by atoms with E-state index in [0.717, 1.165) is 5.56 Å². The maximum Gasteiger partial charge on any atom is 0.244 e. The zero-order chi connectivity index (χ0) is 17.9. The number of hydrogen-bond donors (Lipinski definition) is 1. The lowest BCUT2D eigenvalue weighted by Crippen LogP contribution is -2.23. The van der Waals surface area contributed by atoms with E-state index in [2.05, 4.69) is 9.71 Å². The summed E-state index contributed by atoms with van der Waals surface area (Å²) in [5.41, 5.74) is 1.46. The molecule has 0 unspecified atom stereocenters. The standard InChI is InChI=1S/C17H15ClN2O4S/c1-23-16-5-4-14(18)8-17(16)25(21,22)20-10-12-7-13(11-19-9-12)15-3-2-6-24-15/h2-9,11,20H,10H2,1H3. The molecule has 0 spiro atoms. The number of ether oxygens (including phenoxy) is 1. The number of pyridine rings is 1. The van der Waals surface area contributed by atoms with Gasteiger partial charge in [0.1, 0.15) is 16.4 Å². The van der Waals surface area contributed by atoms with Gasteiger partial charge in [0, 0.05) is 29.5 Å². The Morgan fingerprint density at radius 1 is 1.24 bits per heavy atom. The first-order valence-corrected chi connectivity index (χ1v) is 9.17. The second kappa shape index (κ2) is 7.26. The van der Waals surface area contributed by atoms with Crippen LogP contribution in [0.1, 0.15) is 5.56 Å². The van der Waals surface area contributed by atoms with Crippen LogP contribution in [0.5, 0.6) is 5.75 Å². The molecule has 2 heterocycles. The van der Waals surface area contributed by atoms with Gasteiger partial charge in [-0.05, 0) is 42.0 Å². The summed E-state index contributed by atoms with van der Waals surface area (Å²) in [5, 5.41) is 0.308. The van der Waals surface area contributed by atoms with Gasteiger partial charge in [-0.3, -0.25) is 4.98 Å². The van der Waals surface area contributed by atoms with Crippen LogP contribution in [0.25, 0.3) is 11.3 Å². The van der Waals surface area contributed by atoms with E-state index in [4.69, 9.17) is 20.8 Å². The van der Waals surface area contributed by atoms with E-state index >= 15 is 0 Å². The number of hydrogen-bond acceptors (Lipinski definition) is 5. The summed E-state index contributed by atoms with van der Waals surface area (Å²) in [6, 6.07) is 9.81. The summed E-state index contributed by atoms with van der Waals surface area (Å²) >= 11 is 5.91. The van der Waals surface area contributed by atoms with Gasteiger partial charge in [-0.15, -0.1) is 0 Å². The van der Waals surface area contributed by atoms with E-state index in [1.165, 1.54) is 19.2 Å². The maximum atomic E-state index is 12.6. The van der Waals surface area contributed by atoms with Crippen LogP contribution in [-0.2, 0) is 16.6 Å². The van der Waals surface area contributed by atoms with Crippen molar-refractivity contribution in [3.8, 4) is 17.1 Å². The first-order chi connectivity index (χ1) is 12.0. The summed E-state index contributed by atoms with van der Waals surface area (Å²) < 4.78 is 38.1. The molecule has 0 bridgehead atoms. The van der Waals surface area contributed by atoms with Crippen LogP contribution in [-0.4, -0.2) is 20.5 Å². The van der Waals surface area contributed by atoms with Crippen molar-refractivity contribution < 1.29 is 17.6 Å². The highest BCUT2D eigenvalue weighted by Crippen LogP contribution is 2.27. The molecule has 0 aliphatic rings. The summed E-state index contributed by atoms with van der Waals surface area (Å²) in [6.45, 7) is 0.0690. The molecule has 8 heteroatoms. The molecule has 0 atom stereocenters. The van der Waals surface area contributed by atoms with Crippen LogP contribution in [0.4, 0.5) is 0 Å². The number of sulfonamides is 1. The fourth-order valence-corrected chi connectivity index (χ4v) is 3.73. The first-order valence-electron chi connectivity index (χ1n) is 7.30. The molecule has 130 valence electrons. The number of nitrogens with zero attached hydrogens (tertiary/aromatic N) is 1. The summed E-state index contributed by atoms with van der Waals surface area (Å²) in [5.74, 6) is 0.882. The molecule has 6 nitrogen and oxygen atoms in total. The predicted octanol–water partition coefficient (Wildman–Crippen LogP) is 3.48. The average Bonchev–Trinajstić information content (AvgIpc) is 3.15. The van der Waals surface area contributed by atoms with Gasteiger partial charge in [0.25, 0.3) is 0 Å². The van der Waals surface area contributed by atoms with Gasteiger partial charge >= 0.3 is 0 Å². The van der Waals surface area contributed by atoms with Crippen LogP contribution in [0.2, 0.25) is 5.02 Å². The molecule has 25 heavy (non-hydrogen) atoms. The highest BCUT2D eigenvalue weighted by Gasteiger charge is 2.20. The quantitative estimate of drug-likeness (QED) is 0.710. The summed E-state index contributed by atoms with van der Waals surface area (Å²) in [7, 11) is -2.40. The fourth-order valence-electron chi connectivity index (χ4n) is 2.28. The molecule has 3 aromatic rings. The molecule has 0 amide bonds. The van der Waals surface area contributed by atoms with Gasteiger partial charge in [-0.25, -0.2) is 13.1 Å². The van der Waals surface area contributed by atoms with Crippen LogP contribution >= 0.6 is 11.6 Å². The van der Waals surface area contributed by atoms with Gasteiger partial charge in [-0.2, -0.15) is 0 Å². The Balaban J connectivity index is 1.81. The van der Waals surface area contributed by atoms with E-state index in [9.17, 15) is 8.42 Å². The van der Waals surface area contributed by atoms with Gasteiger partial charge in [0.2, 0.25) is 10.0 Å². The molecule has 0 aliphatic heterocycles. The molecule has 0 saturated carbocycles. The smallest absolute Gasteiger partial charge is 0.244 e. The van der Waals surface area contributed by atoms with E-state index < -0.39 is 10.0 Å². The van der Waals surface area contributed by atoms with Crippen molar-refractivity contribution in [2.24, 2.45) is 0 Å². The second-order valence-corrected chi connectivity index (χ2v) is 7.35. The van der Waals surface area contributed by atoms with E-state index in [0.29, 0.717) is 16.3 Å². The predicted molar refractivity (Wildman–Crippen MR) is 94.0 cm³/mol. The normalized spacial score (nSPS) is 11.4. The minimum absolute atomic E-state index is 0.0161. The summed E-state index contributed by atoms with van der Waals surface area (Å²) in [6.07, 6.45) is 4.80. The molecule has 0 fully saturated rings. The Hall–Kier alpha value is -2.35. The molecule has 1 N–H and O–H groups in total. The minimum Gasteiger partial charge on any atom is -0.495 e. The largest absolute Gasteiger partial charge is 0.495 e. The summed E-state index contributed by atoms with van der Waals surface area (Å²) in [4.78, 5) is 4.11. The Labute approximate surface area is 150 Å². The fraction of sp³-hybridized carbons (Fsp3) is 0.118. The average molecular weight is 379 g/mol.